The number of hydrogen-bond donors (Lipinski definition) is 1. The molecule has 0 aromatic heterocycles. The second kappa shape index (κ2) is 5.52. The number of rotatable bonds is 3. The first-order valence-electron chi connectivity index (χ1n) is 6.61. The Morgan fingerprint density at radius 1 is 1.14 bits per heavy atom. The number of carbonyl (C=O) groups excluding carboxylic acids is 1. The van der Waals surface area contributed by atoms with Crippen LogP contribution >= 0.6 is 0 Å². The van der Waals surface area contributed by atoms with E-state index in [4.69, 9.17) is 4.74 Å². The Morgan fingerprint density at radius 2 is 2.00 bits per heavy atom. The van der Waals surface area contributed by atoms with Crippen molar-refractivity contribution in [1.29, 1.82) is 0 Å². The predicted octanol–water partition coefficient (Wildman–Crippen LogP) is 2.83. The zero-order valence-corrected chi connectivity index (χ0v) is 11.2. The normalized spacial score (nSPS) is 12.7. The van der Waals surface area contributed by atoms with Crippen molar-refractivity contribution in [2.45, 2.75) is 13.0 Å². The molecule has 0 saturated carbocycles. The molecular weight excluding hydrogens is 276 g/mol. The molecule has 2 aromatic rings. The van der Waals surface area contributed by atoms with Gasteiger partial charge in [0, 0.05) is 18.5 Å². The third kappa shape index (κ3) is 2.86. The van der Waals surface area contributed by atoms with Crippen molar-refractivity contribution in [3.05, 3.63) is 64.7 Å². The first-order valence-corrected chi connectivity index (χ1v) is 6.61. The van der Waals surface area contributed by atoms with Gasteiger partial charge in [-0.1, -0.05) is 12.1 Å². The summed E-state index contributed by atoms with van der Waals surface area (Å²) in [5.74, 6) is -1.56. The van der Waals surface area contributed by atoms with Gasteiger partial charge < -0.3 is 10.1 Å². The minimum absolute atomic E-state index is 0.0957. The molecule has 108 valence electrons. The summed E-state index contributed by atoms with van der Waals surface area (Å²) in [5.41, 5.74) is 2.16. The second-order valence-corrected chi connectivity index (χ2v) is 4.85. The summed E-state index contributed by atoms with van der Waals surface area (Å²) >= 11 is 0. The fourth-order valence-corrected chi connectivity index (χ4v) is 2.27. The zero-order chi connectivity index (χ0) is 14.8. The van der Waals surface area contributed by atoms with Crippen LogP contribution in [0, 0.1) is 11.6 Å². The average molecular weight is 289 g/mol. The van der Waals surface area contributed by atoms with E-state index in [2.05, 4.69) is 5.32 Å². The lowest BCUT2D eigenvalue weighted by molar-refractivity contribution is 0.0950. The van der Waals surface area contributed by atoms with Crippen molar-refractivity contribution in [2.24, 2.45) is 0 Å². The summed E-state index contributed by atoms with van der Waals surface area (Å²) in [6, 6.07) is 8.81. The fourth-order valence-electron chi connectivity index (χ4n) is 2.27. The zero-order valence-electron chi connectivity index (χ0n) is 11.2. The van der Waals surface area contributed by atoms with Crippen LogP contribution in [0.15, 0.2) is 36.4 Å². The number of fused-ring (bicyclic) bond motifs is 1. The summed E-state index contributed by atoms with van der Waals surface area (Å²) in [6.07, 6.45) is 0.861. The lowest BCUT2D eigenvalue weighted by Crippen LogP contribution is -2.23. The molecule has 5 heteroatoms. The number of benzene rings is 2. The van der Waals surface area contributed by atoms with Crippen LogP contribution in [0.3, 0.4) is 0 Å². The fraction of sp³-hybridized carbons (Fsp3) is 0.188. The summed E-state index contributed by atoms with van der Waals surface area (Å²) in [5, 5.41) is 2.68. The van der Waals surface area contributed by atoms with Crippen molar-refractivity contribution in [3.8, 4) is 5.75 Å². The van der Waals surface area contributed by atoms with Gasteiger partial charge in [-0.3, -0.25) is 4.79 Å². The number of nitrogens with one attached hydrogen (secondary N) is 1. The van der Waals surface area contributed by atoms with Crippen LogP contribution in [0.1, 0.15) is 21.5 Å². The number of halogens is 2. The van der Waals surface area contributed by atoms with Gasteiger partial charge in [0.2, 0.25) is 0 Å². The maximum Gasteiger partial charge on any atom is 0.251 e. The van der Waals surface area contributed by atoms with Crippen molar-refractivity contribution >= 4 is 5.91 Å². The Bertz CT molecular complexity index is 701. The van der Waals surface area contributed by atoms with Crippen molar-refractivity contribution in [3.63, 3.8) is 0 Å². The summed E-state index contributed by atoms with van der Waals surface area (Å²) in [7, 11) is 0. The molecule has 0 unspecified atom stereocenters. The molecule has 0 spiro atoms. The Kier molecular flexibility index (Phi) is 3.56. The van der Waals surface area contributed by atoms with Crippen molar-refractivity contribution in [1.82, 2.24) is 5.32 Å². The van der Waals surface area contributed by atoms with Gasteiger partial charge in [-0.15, -0.1) is 0 Å². The van der Waals surface area contributed by atoms with Crippen LogP contribution < -0.4 is 10.1 Å². The van der Waals surface area contributed by atoms with E-state index in [1.807, 2.05) is 18.2 Å². The Hall–Kier alpha value is -2.43. The van der Waals surface area contributed by atoms with E-state index in [9.17, 15) is 13.6 Å². The molecule has 1 N–H and O–H groups in total. The molecule has 3 rings (SSSR count). The molecule has 1 heterocycles. The maximum absolute atomic E-state index is 13.1. The van der Waals surface area contributed by atoms with Crippen LogP contribution in [0.4, 0.5) is 8.78 Å². The molecule has 0 bridgehead atoms. The molecule has 2 aromatic carbocycles. The van der Waals surface area contributed by atoms with E-state index >= 15 is 0 Å². The first kappa shape index (κ1) is 13.5. The Labute approximate surface area is 120 Å². The Balaban J connectivity index is 1.67. The SMILES string of the molecule is O=C(NCc1ccc2c(c1)CCO2)c1ccc(F)c(F)c1. The molecule has 0 radical (unpaired) electrons. The average Bonchev–Trinajstić information content (AvgIpc) is 2.95. The molecule has 0 saturated heterocycles. The smallest absolute Gasteiger partial charge is 0.251 e. The minimum atomic E-state index is -1.03. The third-order valence-electron chi connectivity index (χ3n) is 3.39. The van der Waals surface area contributed by atoms with E-state index in [0.717, 1.165) is 35.4 Å². The van der Waals surface area contributed by atoms with Gasteiger partial charge in [-0.05, 0) is 35.4 Å². The largest absolute Gasteiger partial charge is 0.493 e. The molecule has 21 heavy (non-hydrogen) atoms. The molecule has 0 atom stereocenters. The molecule has 0 fully saturated rings. The maximum atomic E-state index is 13.1. The minimum Gasteiger partial charge on any atom is -0.493 e. The van der Waals surface area contributed by atoms with Crippen LogP contribution in [-0.2, 0) is 13.0 Å². The highest BCUT2D eigenvalue weighted by molar-refractivity contribution is 5.94. The molecule has 0 aliphatic carbocycles. The molecule has 3 nitrogen and oxygen atoms in total. The van der Waals surface area contributed by atoms with E-state index in [-0.39, 0.29) is 5.56 Å². The standard InChI is InChI=1S/C16H13F2NO2/c17-13-3-2-12(8-14(13)18)16(20)19-9-10-1-4-15-11(7-10)5-6-21-15/h1-4,7-8H,5-6,9H2,(H,19,20). The van der Waals surface area contributed by atoms with Crippen LogP contribution in [0.2, 0.25) is 0 Å². The molecular formula is C16H13F2NO2. The van der Waals surface area contributed by atoms with Gasteiger partial charge >= 0.3 is 0 Å². The quantitative estimate of drug-likeness (QED) is 0.943. The molecule has 1 aliphatic rings. The van der Waals surface area contributed by atoms with Crippen LogP contribution in [-0.4, -0.2) is 12.5 Å². The topological polar surface area (TPSA) is 38.3 Å². The Morgan fingerprint density at radius 3 is 2.81 bits per heavy atom. The number of hydrogen-bond acceptors (Lipinski definition) is 2. The van der Waals surface area contributed by atoms with Gasteiger partial charge in [0.05, 0.1) is 6.61 Å². The molecule has 1 aliphatic heterocycles. The summed E-state index contributed by atoms with van der Waals surface area (Å²) in [6.45, 7) is 1.01. The molecule has 1 amide bonds. The highest BCUT2D eigenvalue weighted by Gasteiger charge is 2.13. The highest BCUT2D eigenvalue weighted by atomic mass is 19.2. The number of amides is 1. The van der Waals surface area contributed by atoms with Crippen molar-refractivity contribution < 1.29 is 18.3 Å². The monoisotopic (exact) mass is 289 g/mol. The van der Waals surface area contributed by atoms with Gasteiger partial charge in [-0.2, -0.15) is 0 Å². The van der Waals surface area contributed by atoms with E-state index in [0.29, 0.717) is 13.2 Å². The van der Waals surface area contributed by atoms with Crippen LogP contribution in [0.5, 0.6) is 5.75 Å². The third-order valence-corrected chi connectivity index (χ3v) is 3.39. The van der Waals surface area contributed by atoms with Gasteiger partial charge in [0.15, 0.2) is 11.6 Å². The van der Waals surface area contributed by atoms with Gasteiger partial charge in [0.1, 0.15) is 5.75 Å². The lowest BCUT2D eigenvalue weighted by Gasteiger charge is -2.07. The number of carbonyl (C=O) groups is 1. The van der Waals surface area contributed by atoms with Crippen LogP contribution in [0.25, 0.3) is 0 Å². The van der Waals surface area contributed by atoms with E-state index < -0.39 is 17.5 Å². The van der Waals surface area contributed by atoms with Gasteiger partial charge in [0.25, 0.3) is 5.91 Å². The number of ether oxygens (including phenoxy) is 1. The predicted molar refractivity (Wildman–Crippen MR) is 73.2 cm³/mol. The van der Waals surface area contributed by atoms with Crippen molar-refractivity contribution in [2.75, 3.05) is 6.61 Å². The highest BCUT2D eigenvalue weighted by Crippen LogP contribution is 2.25. The van der Waals surface area contributed by atoms with Gasteiger partial charge in [-0.25, -0.2) is 8.78 Å². The summed E-state index contributed by atoms with van der Waals surface area (Å²) < 4.78 is 31.3. The summed E-state index contributed by atoms with van der Waals surface area (Å²) in [4.78, 5) is 11.9. The lowest BCUT2D eigenvalue weighted by atomic mass is 10.1. The van der Waals surface area contributed by atoms with E-state index in [1.165, 1.54) is 6.07 Å². The van der Waals surface area contributed by atoms with E-state index in [1.54, 1.807) is 0 Å². The second-order valence-electron chi connectivity index (χ2n) is 4.85. The first-order chi connectivity index (χ1) is 10.1.